The fraction of sp³-hybridized carbons (Fsp3) is 0.188. The van der Waals surface area contributed by atoms with E-state index in [1.165, 1.54) is 23.1 Å². The number of hydrogen-bond acceptors (Lipinski definition) is 4. The second-order valence-corrected chi connectivity index (χ2v) is 6.22. The highest BCUT2D eigenvalue weighted by atomic mass is 79.9. The summed E-state index contributed by atoms with van der Waals surface area (Å²) in [6.07, 6.45) is -0.850. The number of aromatic nitrogens is 2. The van der Waals surface area contributed by atoms with Gasteiger partial charge in [-0.1, -0.05) is 6.58 Å². The molecule has 2 N–H and O–H groups in total. The molecule has 10 heteroatoms. The zero-order valence-electron chi connectivity index (χ0n) is 13.1. The van der Waals surface area contributed by atoms with E-state index in [0.717, 1.165) is 18.2 Å². The third-order valence-electron chi connectivity index (χ3n) is 3.44. The Balaban J connectivity index is 2.27. The van der Waals surface area contributed by atoms with Crippen LogP contribution in [-0.2, 0) is 17.5 Å². The lowest BCUT2D eigenvalue weighted by Crippen LogP contribution is -2.44. The lowest BCUT2D eigenvalue weighted by atomic mass is 10.0. The van der Waals surface area contributed by atoms with Gasteiger partial charge in [-0.3, -0.25) is 9.48 Å². The Labute approximate surface area is 154 Å². The summed E-state index contributed by atoms with van der Waals surface area (Å²) >= 11 is 3.17. The van der Waals surface area contributed by atoms with Crippen LogP contribution >= 0.6 is 15.9 Å². The van der Waals surface area contributed by atoms with Gasteiger partial charge in [0.05, 0.1) is 34.4 Å². The molecule has 0 spiro atoms. The molecular weight excluding hydrogens is 417 g/mol. The van der Waals surface area contributed by atoms with E-state index >= 15 is 0 Å². The summed E-state index contributed by atoms with van der Waals surface area (Å²) in [7, 11) is 0. The molecule has 2 rings (SSSR count). The number of nitriles is 1. The Morgan fingerprint density at radius 3 is 2.69 bits per heavy atom. The predicted octanol–water partition coefficient (Wildman–Crippen LogP) is 3.09. The number of aliphatic hydroxyl groups is 1. The topological polar surface area (TPSA) is 90.9 Å². The maximum absolute atomic E-state index is 13.0. The zero-order chi connectivity index (χ0) is 19.5. The first-order valence-electron chi connectivity index (χ1n) is 7.06. The van der Waals surface area contributed by atoms with Crippen LogP contribution in [0.25, 0.3) is 0 Å². The minimum absolute atomic E-state index is 0.219. The van der Waals surface area contributed by atoms with Crippen LogP contribution in [0.3, 0.4) is 0 Å². The molecule has 1 heterocycles. The summed E-state index contributed by atoms with van der Waals surface area (Å²) in [6, 6.07) is 4.15. The largest absolute Gasteiger partial charge is 0.417 e. The van der Waals surface area contributed by atoms with Crippen LogP contribution in [0.5, 0.6) is 0 Å². The number of carbonyl (C=O) groups is 1. The van der Waals surface area contributed by atoms with E-state index in [2.05, 4.69) is 32.9 Å². The molecule has 136 valence electrons. The number of rotatable bonds is 5. The lowest BCUT2D eigenvalue weighted by molar-refractivity contribution is -0.137. The van der Waals surface area contributed by atoms with E-state index in [0.29, 0.717) is 10.5 Å². The molecule has 0 bridgehead atoms. The molecule has 6 nitrogen and oxygen atoms in total. The number of alkyl halides is 3. The molecule has 1 aromatic heterocycles. The SMILES string of the molecule is C=C[C@](O)(Cn1cc(Br)cn1)C(=O)Nc1ccc(C#N)c(C(F)(F)F)c1. The van der Waals surface area contributed by atoms with Crippen molar-refractivity contribution in [1.82, 2.24) is 9.78 Å². The normalized spacial score (nSPS) is 13.5. The van der Waals surface area contributed by atoms with Gasteiger partial charge in [-0.05, 0) is 40.2 Å². The standard InChI is InChI=1S/C16H12BrF3N4O2/c1-2-15(26,9-24-8-11(17)7-22-24)14(25)23-12-4-3-10(6-21)13(5-12)16(18,19)20/h2-5,7-8,26H,1,9H2,(H,23,25)/t15-/m0/s1. The van der Waals surface area contributed by atoms with Crippen LogP contribution in [0, 0.1) is 11.3 Å². The molecule has 2 aromatic rings. The highest BCUT2D eigenvalue weighted by Gasteiger charge is 2.36. The lowest BCUT2D eigenvalue weighted by Gasteiger charge is -2.23. The first-order valence-corrected chi connectivity index (χ1v) is 7.85. The Kier molecular flexibility index (Phi) is 5.53. The number of nitrogens with one attached hydrogen (secondary N) is 1. The molecular formula is C16H12BrF3N4O2. The third kappa shape index (κ3) is 4.30. The van der Waals surface area contributed by atoms with E-state index in [1.807, 2.05) is 0 Å². The molecule has 0 aliphatic rings. The number of nitrogens with zero attached hydrogens (tertiary/aromatic N) is 3. The monoisotopic (exact) mass is 428 g/mol. The van der Waals surface area contributed by atoms with E-state index in [4.69, 9.17) is 5.26 Å². The zero-order valence-corrected chi connectivity index (χ0v) is 14.7. The van der Waals surface area contributed by atoms with Gasteiger partial charge in [-0.2, -0.15) is 23.5 Å². The van der Waals surface area contributed by atoms with Crippen molar-refractivity contribution in [2.45, 2.75) is 18.3 Å². The van der Waals surface area contributed by atoms with E-state index < -0.39 is 28.8 Å². The Morgan fingerprint density at radius 2 is 2.19 bits per heavy atom. The molecule has 0 unspecified atom stereocenters. The van der Waals surface area contributed by atoms with Crippen molar-refractivity contribution in [1.29, 1.82) is 5.26 Å². The summed E-state index contributed by atoms with van der Waals surface area (Å²) in [5.74, 6) is -0.989. The van der Waals surface area contributed by atoms with Gasteiger partial charge in [0, 0.05) is 11.9 Å². The molecule has 1 aromatic carbocycles. The van der Waals surface area contributed by atoms with Crippen molar-refractivity contribution in [3.05, 3.63) is 58.8 Å². The average Bonchev–Trinajstić information content (AvgIpc) is 2.98. The van der Waals surface area contributed by atoms with Gasteiger partial charge in [-0.25, -0.2) is 0 Å². The van der Waals surface area contributed by atoms with Crippen molar-refractivity contribution in [3.8, 4) is 6.07 Å². The molecule has 0 fully saturated rings. The van der Waals surface area contributed by atoms with Crippen molar-refractivity contribution in [2.24, 2.45) is 0 Å². The van der Waals surface area contributed by atoms with Crippen LogP contribution in [0.2, 0.25) is 0 Å². The second-order valence-electron chi connectivity index (χ2n) is 5.31. The number of benzene rings is 1. The fourth-order valence-electron chi connectivity index (χ4n) is 2.09. The summed E-state index contributed by atoms with van der Waals surface area (Å²) in [6.45, 7) is 3.10. The van der Waals surface area contributed by atoms with Crippen LogP contribution in [0.1, 0.15) is 11.1 Å². The molecule has 0 saturated carbocycles. The Bertz CT molecular complexity index is 888. The number of halogens is 4. The van der Waals surface area contributed by atoms with Gasteiger partial charge in [0.2, 0.25) is 0 Å². The van der Waals surface area contributed by atoms with Gasteiger partial charge in [-0.15, -0.1) is 0 Å². The molecule has 0 saturated heterocycles. The quantitative estimate of drug-likeness (QED) is 0.715. The summed E-state index contributed by atoms with van der Waals surface area (Å²) in [5.41, 5.74) is -4.09. The highest BCUT2D eigenvalue weighted by molar-refractivity contribution is 9.10. The molecule has 0 aliphatic carbocycles. The second kappa shape index (κ2) is 7.31. The smallest absolute Gasteiger partial charge is 0.374 e. The summed E-state index contributed by atoms with van der Waals surface area (Å²) < 4.78 is 40.9. The number of anilines is 1. The van der Waals surface area contributed by atoms with Gasteiger partial charge < -0.3 is 10.4 Å². The molecule has 1 atom stereocenters. The minimum Gasteiger partial charge on any atom is -0.374 e. The van der Waals surface area contributed by atoms with Gasteiger partial charge in [0.15, 0.2) is 5.60 Å². The van der Waals surface area contributed by atoms with E-state index in [-0.39, 0.29) is 12.2 Å². The van der Waals surface area contributed by atoms with Crippen LogP contribution in [-0.4, -0.2) is 26.4 Å². The summed E-state index contributed by atoms with van der Waals surface area (Å²) in [4.78, 5) is 12.4. The van der Waals surface area contributed by atoms with E-state index in [9.17, 15) is 23.1 Å². The third-order valence-corrected chi connectivity index (χ3v) is 3.85. The maximum atomic E-state index is 13.0. The summed E-state index contributed by atoms with van der Waals surface area (Å²) in [5, 5.41) is 25.4. The van der Waals surface area contributed by atoms with Crippen molar-refractivity contribution >= 4 is 27.5 Å². The maximum Gasteiger partial charge on any atom is 0.417 e. The van der Waals surface area contributed by atoms with Crippen LogP contribution < -0.4 is 5.32 Å². The molecule has 1 amide bonds. The molecule has 0 radical (unpaired) electrons. The van der Waals surface area contributed by atoms with Gasteiger partial charge in [0.25, 0.3) is 5.91 Å². The van der Waals surface area contributed by atoms with Gasteiger partial charge >= 0.3 is 6.18 Å². The predicted molar refractivity (Wildman–Crippen MR) is 89.9 cm³/mol. The van der Waals surface area contributed by atoms with Crippen molar-refractivity contribution in [3.63, 3.8) is 0 Å². The first kappa shape index (κ1) is 19.7. The Morgan fingerprint density at radius 1 is 1.50 bits per heavy atom. The first-order chi connectivity index (χ1) is 12.1. The fourth-order valence-corrected chi connectivity index (χ4v) is 2.42. The highest BCUT2D eigenvalue weighted by Crippen LogP contribution is 2.33. The van der Waals surface area contributed by atoms with Crippen molar-refractivity contribution in [2.75, 3.05) is 5.32 Å². The van der Waals surface area contributed by atoms with Gasteiger partial charge in [0.1, 0.15) is 0 Å². The number of amides is 1. The number of hydrogen-bond donors (Lipinski definition) is 2. The van der Waals surface area contributed by atoms with E-state index in [1.54, 1.807) is 0 Å². The molecule has 26 heavy (non-hydrogen) atoms. The number of carbonyl (C=O) groups excluding carboxylic acids is 1. The van der Waals surface area contributed by atoms with Crippen LogP contribution in [0.15, 0.2) is 47.7 Å². The molecule has 0 aliphatic heterocycles. The minimum atomic E-state index is -4.76. The van der Waals surface area contributed by atoms with Crippen molar-refractivity contribution < 1.29 is 23.1 Å². The Hall–Kier alpha value is -2.64. The van der Waals surface area contributed by atoms with Crippen LogP contribution in [0.4, 0.5) is 18.9 Å². The average molecular weight is 429 g/mol.